The molecule has 10 nitrogen and oxygen atoms in total. The van der Waals surface area contributed by atoms with E-state index in [4.69, 9.17) is 0 Å². The minimum atomic E-state index is -0.552. The maximum atomic E-state index is 12.4. The molecule has 3 N–H and O–H groups in total. The molecule has 4 aromatic rings. The van der Waals surface area contributed by atoms with E-state index >= 15 is 0 Å². The fourth-order valence-corrected chi connectivity index (χ4v) is 3.33. The molecular weight excluding hydrogens is 458 g/mol. The molecular formula is C26H25N7O3. The highest BCUT2D eigenvalue weighted by Crippen LogP contribution is 2.13. The predicted molar refractivity (Wildman–Crippen MR) is 133 cm³/mol. The van der Waals surface area contributed by atoms with E-state index in [2.05, 4.69) is 31.6 Å². The Labute approximate surface area is 207 Å². The summed E-state index contributed by atoms with van der Waals surface area (Å²) in [7, 11) is 0. The van der Waals surface area contributed by atoms with E-state index in [1.807, 2.05) is 50.2 Å². The second kappa shape index (κ2) is 11.0. The smallest absolute Gasteiger partial charge is 0.269 e. The van der Waals surface area contributed by atoms with Crippen LogP contribution in [0, 0.1) is 13.8 Å². The molecule has 0 aliphatic carbocycles. The van der Waals surface area contributed by atoms with Crippen molar-refractivity contribution in [1.82, 2.24) is 36.4 Å². The Morgan fingerprint density at radius 1 is 0.806 bits per heavy atom. The van der Waals surface area contributed by atoms with Gasteiger partial charge < -0.3 is 5.32 Å². The van der Waals surface area contributed by atoms with Crippen molar-refractivity contribution in [1.29, 1.82) is 0 Å². The van der Waals surface area contributed by atoms with Crippen LogP contribution in [0.15, 0.2) is 72.8 Å². The summed E-state index contributed by atoms with van der Waals surface area (Å²) in [6, 6.07) is 21.7. The second-order valence-electron chi connectivity index (χ2n) is 8.19. The number of hydrogen-bond acceptors (Lipinski definition) is 6. The molecule has 1 heterocycles. The van der Waals surface area contributed by atoms with Gasteiger partial charge in [-0.3, -0.25) is 25.2 Å². The summed E-state index contributed by atoms with van der Waals surface area (Å²) in [4.78, 5) is 38.1. The predicted octanol–water partition coefficient (Wildman–Crippen LogP) is 2.20. The van der Waals surface area contributed by atoms with Crippen molar-refractivity contribution < 1.29 is 14.4 Å². The van der Waals surface area contributed by atoms with E-state index in [0.717, 1.165) is 22.3 Å². The largest absolute Gasteiger partial charge is 0.343 e. The highest BCUT2D eigenvalue weighted by atomic mass is 16.2. The van der Waals surface area contributed by atoms with Crippen LogP contribution in [0.5, 0.6) is 0 Å². The van der Waals surface area contributed by atoms with Crippen LogP contribution in [0.3, 0.4) is 0 Å². The monoisotopic (exact) mass is 483 g/mol. The zero-order valence-electron chi connectivity index (χ0n) is 19.9. The second-order valence-corrected chi connectivity index (χ2v) is 8.19. The summed E-state index contributed by atoms with van der Waals surface area (Å²) in [5, 5.41) is 15.0. The molecule has 0 bridgehead atoms. The number of nitrogens with one attached hydrogen (secondary N) is 3. The van der Waals surface area contributed by atoms with E-state index in [-0.39, 0.29) is 12.5 Å². The van der Waals surface area contributed by atoms with Crippen molar-refractivity contribution in [2.45, 2.75) is 20.4 Å². The molecule has 0 saturated heterocycles. The SMILES string of the molecule is Cc1ccc(C(=O)NCC(=O)NNC(=O)c2ccc(Cn3nnc(-c4ccccc4)n3)cc2)cc1C. The number of carbonyl (C=O) groups is 3. The van der Waals surface area contributed by atoms with Crippen LogP contribution in [-0.2, 0) is 11.3 Å². The lowest BCUT2D eigenvalue weighted by Gasteiger charge is -2.09. The Morgan fingerprint density at radius 2 is 1.53 bits per heavy atom. The average molecular weight is 484 g/mol. The van der Waals surface area contributed by atoms with E-state index in [1.54, 1.807) is 36.4 Å². The van der Waals surface area contributed by atoms with Gasteiger partial charge >= 0.3 is 0 Å². The van der Waals surface area contributed by atoms with Gasteiger partial charge in [-0.1, -0.05) is 48.5 Å². The third-order valence-electron chi connectivity index (χ3n) is 5.52. The number of carbonyl (C=O) groups excluding carboxylic acids is 3. The summed E-state index contributed by atoms with van der Waals surface area (Å²) in [6.07, 6.45) is 0. The van der Waals surface area contributed by atoms with Crippen molar-refractivity contribution >= 4 is 17.7 Å². The number of rotatable bonds is 7. The van der Waals surface area contributed by atoms with E-state index in [9.17, 15) is 14.4 Å². The van der Waals surface area contributed by atoms with Crippen molar-refractivity contribution in [3.63, 3.8) is 0 Å². The van der Waals surface area contributed by atoms with Crippen molar-refractivity contribution in [2.24, 2.45) is 0 Å². The maximum Gasteiger partial charge on any atom is 0.269 e. The van der Waals surface area contributed by atoms with E-state index in [1.165, 1.54) is 4.80 Å². The minimum Gasteiger partial charge on any atom is -0.343 e. The highest BCUT2D eigenvalue weighted by molar-refractivity contribution is 5.98. The normalized spacial score (nSPS) is 10.5. The van der Waals surface area contributed by atoms with Gasteiger partial charge in [-0.15, -0.1) is 10.2 Å². The first-order valence-corrected chi connectivity index (χ1v) is 11.3. The number of nitrogens with zero attached hydrogens (tertiary/aromatic N) is 4. The molecule has 1 aromatic heterocycles. The summed E-state index contributed by atoms with van der Waals surface area (Å²) >= 11 is 0. The molecule has 3 aromatic carbocycles. The van der Waals surface area contributed by atoms with Gasteiger partial charge in [-0.05, 0) is 60.0 Å². The number of benzene rings is 3. The van der Waals surface area contributed by atoms with Gasteiger partial charge in [0.05, 0.1) is 13.1 Å². The molecule has 0 aliphatic rings. The molecule has 4 rings (SSSR count). The van der Waals surface area contributed by atoms with Crippen LogP contribution in [-0.4, -0.2) is 44.5 Å². The fourth-order valence-electron chi connectivity index (χ4n) is 3.33. The molecule has 0 atom stereocenters. The van der Waals surface area contributed by atoms with Crippen molar-refractivity contribution in [2.75, 3.05) is 6.54 Å². The van der Waals surface area contributed by atoms with Crippen LogP contribution in [0.4, 0.5) is 0 Å². The molecule has 0 radical (unpaired) electrons. The minimum absolute atomic E-state index is 0.277. The number of hydrazine groups is 1. The molecule has 0 aliphatic heterocycles. The number of hydrogen-bond donors (Lipinski definition) is 3. The van der Waals surface area contributed by atoms with Crippen molar-refractivity contribution in [3.05, 3.63) is 101 Å². The third-order valence-corrected chi connectivity index (χ3v) is 5.52. The molecule has 10 heteroatoms. The van der Waals surface area contributed by atoms with Crippen LogP contribution in [0.25, 0.3) is 11.4 Å². The average Bonchev–Trinajstić information content (AvgIpc) is 3.37. The highest BCUT2D eigenvalue weighted by Gasteiger charge is 2.11. The summed E-state index contributed by atoms with van der Waals surface area (Å²) in [6.45, 7) is 3.98. The van der Waals surface area contributed by atoms with Gasteiger partial charge in [-0.2, -0.15) is 4.80 Å². The van der Waals surface area contributed by atoms with Crippen LogP contribution in [0.2, 0.25) is 0 Å². The van der Waals surface area contributed by atoms with Gasteiger partial charge in [-0.25, -0.2) is 0 Å². The Bertz CT molecular complexity index is 1380. The number of aryl methyl sites for hydroxylation is 2. The van der Waals surface area contributed by atoms with Gasteiger partial charge in [0.2, 0.25) is 5.82 Å². The summed E-state index contributed by atoms with van der Waals surface area (Å²) in [5.41, 5.74) is 9.27. The first-order valence-electron chi connectivity index (χ1n) is 11.3. The van der Waals surface area contributed by atoms with Gasteiger partial charge in [0.1, 0.15) is 0 Å². The summed E-state index contributed by atoms with van der Waals surface area (Å²) in [5.74, 6) is -0.871. The maximum absolute atomic E-state index is 12.4. The van der Waals surface area contributed by atoms with Crippen molar-refractivity contribution in [3.8, 4) is 11.4 Å². The number of aromatic nitrogens is 4. The van der Waals surface area contributed by atoms with E-state index < -0.39 is 11.8 Å². The molecule has 36 heavy (non-hydrogen) atoms. The molecule has 0 saturated carbocycles. The Balaban J connectivity index is 1.24. The topological polar surface area (TPSA) is 131 Å². The lowest BCUT2D eigenvalue weighted by molar-refractivity contribution is -0.120. The molecule has 182 valence electrons. The molecule has 3 amide bonds. The standard InChI is InChI=1S/C26H25N7O3/c1-17-8-11-22(14-18(17)2)25(35)27-15-23(34)28-30-26(36)21-12-9-19(10-13-21)16-33-31-24(29-32-33)20-6-4-3-5-7-20/h3-14H,15-16H2,1-2H3,(H,27,35)(H,28,34)(H,30,36). The Hall–Kier alpha value is -4.86. The number of amides is 3. The first kappa shape index (κ1) is 24.3. The lowest BCUT2D eigenvalue weighted by atomic mass is 10.1. The molecule has 0 unspecified atom stereocenters. The van der Waals surface area contributed by atoms with E-state index in [0.29, 0.717) is 23.5 Å². The first-order chi connectivity index (χ1) is 17.4. The third kappa shape index (κ3) is 6.17. The lowest BCUT2D eigenvalue weighted by Crippen LogP contribution is -2.46. The quantitative estimate of drug-likeness (QED) is 0.346. The van der Waals surface area contributed by atoms with Crippen LogP contribution in [0.1, 0.15) is 37.4 Å². The summed E-state index contributed by atoms with van der Waals surface area (Å²) < 4.78 is 0. The van der Waals surface area contributed by atoms with Crippen LogP contribution >= 0.6 is 0 Å². The zero-order chi connectivity index (χ0) is 25.5. The number of tetrazole rings is 1. The Kier molecular flexibility index (Phi) is 7.45. The Morgan fingerprint density at radius 3 is 2.25 bits per heavy atom. The zero-order valence-corrected chi connectivity index (χ0v) is 19.9. The van der Waals surface area contributed by atoms with Gasteiger partial charge in [0.15, 0.2) is 0 Å². The van der Waals surface area contributed by atoms with Gasteiger partial charge in [0.25, 0.3) is 17.7 Å². The van der Waals surface area contributed by atoms with Crippen LogP contribution < -0.4 is 16.2 Å². The van der Waals surface area contributed by atoms with Gasteiger partial charge in [0, 0.05) is 16.7 Å². The fraction of sp³-hybridized carbons (Fsp3) is 0.154. The molecule has 0 spiro atoms. The molecule has 0 fully saturated rings.